The number of hydrogen-bond donors (Lipinski definition) is 0. The predicted molar refractivity (Wildman–Crippen MR) is 143 cm³/mol. The van der Waals surface area contributed by atoms with Crippen molar-refractivity contribution in [2.24, 2.45) is 0 Å². The number of rotatable bonds is 20. The molecule has 184 valence electrons. The molecule has 0 heterocycles. The molecular weight excluding hydrogens is 388 g/mol. The molecule has 0 radical (unpaired) electrons. The van der Waals surface area contributed by atoms with E-state index in [4.69, 9.17) is 0 Å². The Bertz CT molecular complexity index is 563. The molecule has 0 spiro atoms. The number of carbonyl (C=O) groups is 1. The Labute approximate surface area is 201 Å². The monoisotopic (exact) mass is 442 g/mol. The first-order valence-corrected chi connectivity index (χ1v) is 14.0. The van der Waals surface area contributed by atoms with Crippen molar-refractivity contribution in [2.45, 2.75) is 155 Å². The van der Waals surface area contributed by atoms with Crippen LogP contribution in [0.5, 0.6) is 0 Å². The lowest BCUT2D eigenvalue weighted by atomic mass is 9.86. The van der Waals surface area contributed by atoms with E-state index in [0.717, 1.165) is 18.4 Å². The van der Waals surface area contributed by atoms with Crippen molar-refractivity contribution in [3.8, 4) is 0 Å². The lowest BCUT2D eigenvalue weighted by Gasteiger charge is -2.19. The van der Waals surface area contributed by atoms with Gasteiger partial charge in [-0.3, -0.25) is 4.79 Å². The highest BCUT2D eigenvalue weighted by atomic mass is 16.1. The number of hydrogen-bond acceptors (Lipinski definition) is 1. The van der Waals surface area contributed by atoms with Crippen LogP contribution in [0.3, 0.4) is 0 Å². The van der Waals surface area contributed by atoms with Gasteiger partial charge in [-0.15, -0.1) is 0 Å². The molecule has 0 saturated heterocycles. The second-order valence-electron chi connectivity index (χ2n) is 11.1. The molecule has 1 heteroatoms. The van der Waals surface area contributed by atoms with E-state index in [-0.39, 0.29) is 5.41 Å². The second kappa shape index (κ2) is 18.3. The van der Waals surface area contributed by atoms with E-state index < -0.39 is 0 Å². The summed E-state index contributed by atoms with van der Waals surface area (Å²) in [4.78, 5) is 12.3. The van der Waals surface area contributed by atoms with Gasteiger partial charge in [-0.2, -0.15) is 0 Å². The smallest absolute Gasteiger partial charge is 0.137 e. The minimum atomic E-state index is 0.176. The summed E-state index contributed by atoms with van der Waals surface area (Å²) in [5.41, 5.74) is 2.67. The molecular formula is C31H54O. The number of benzene rings is 1. The minimum absolute atomic E-state index is 0.176. The van der Waals surface area contributed by atoms with E-state index in [9.17, 15) is 4.79 Å². The Balaban J connectivity index is 1.87. The van der Waals surface area contributed by atoms with Crippen LogP contribution < -0.4 is 0 Å². The predicted octanol–water partition coefficient (Wildman–Crippen LogP) is 10.1. The summed E-state index contributed by atoms with van der Waals surface area (Å²) in [5, 5.41) is 0. The molecule has 0 aliphatic rings. The Hall–Kier alpha value is -1.11. The van der Waals surface area contributed by atoms with Crippen molar-refractivity contribution in [1.82, 2.24) is 0 Å². The number of Topliss-reactive ketones (excluding diaryl/α,β-unsaturated/α-hetero) is 1. The summed E-state index contributed by atoms with van der Waals surface area (Å²) in [6.07, 6.45) is 24.8. The number of carbonyl (C=O) groups excluding carboxylic acids is 1. The first kappa shape index (κ1) is 28.9. The minimum Gasteiger partial charge on any atom is -0.299 e. The molecule has 0 atom stereocenters. The van der Waals surface area contributed by atoms with Gasteiger partial charge in [0.25, 0.3) is 0 Å². The van der Waals surface area contributed by atoms with E-state index in [1.807, 2.05) is 0 Å². The highest BCUT2D eigenvalue weighted by Gasteiger charge is 2.13. The van der Waals surface area contributed by atoms with Gasteiger partial charge >= 0.3 is 0 Å². The van der Waals surface area contributed by atoms with Crippen molar-refractivity contribution in [2.75, 3.05) is 0 Å². The molecule has 0 amide bonds. The summed E-state index contributed by atoms with van der Waals surface area (Å²) in [6.45, 7) is 8.97. The van der Waals surface area contributed by atoms with Gasteiger partial charge in [0.05, 0.1) is 0 Å². The van der Waals surface area contributed by atoms with Crippen molar-refractivity contribution in [3.63, 3.8) is 0 Å². The molecule has 0 aliphatic carbocycles. The van der Waals surface area contributed by atoms with E-state index in [1.54, 1.807) is 0 Å². The maximum absolute atomic E-state index is 12.3. The molecule has 0 aliphatic heterocycles. The highest BCUT2D eigenvalue weighted by molar-refractivity contribution is 5.80. The molecule has 0 aromatic heterocycles. The maximum atomic E-state index is 12.3. The van der Waals surface area contributed by atoms with Crippen LogP contribution in [0.25, 0.3) is 0 Å². The first-order chi connectivity index (χ1) is 15.4. The Morgan fingerprint density at radius 1 is 0.594 bits per heavy atom. The average molecular weight is 443 g/mol. The summed E-state index contributed by atoms with van der Waals surface area (Å²) in [6, 6.07) is 8.62. The fraction of sp³-hybridized carbons (Fsp3) is 0.774. The van der Waals surface area contributed by atoms with Gasteiger partial charge in [-0.05, 0) is 23.0 Å². The zero-order valence-electron chi connectivity index (χ0n) is 22.2. The number of ketones is 1. The van der Waals surface area contributed by atoms with Gasteiger partial charge in [0, 0.05) is 12.8 Å². The molecule has 1 aromatic carbocycles. The fourth-order valence-electron chi connectivity index (χ4n) is 4.49. The highest BCUT2D eigenvalue weighted by Crippen LogP contribution is 2.22. The van der Waals surface area contributed by atoms with Crippen LogP contribution in [-0.2, 0) is 16.6 Å². The van der Waals surface area contributed by atoms with Crippen molar-refractivity contribution in [1.29, 1.82) is 0 Å². The summed E-state index contributed by atoms with van der Waals surface area (Å²) in [7, 11) is 0. The first-order valence-electron chi connectivity index (χ1n) is 14.0. The number of unbranched alkanes of at least 4 members (excludes halogenated alkanes) is 16. The van der Waals surface area contributed by atoms with Gasteiger partial charge < -0.3 is 0 Å². The third-order valence-electron chi connectivity index (χ3n) is 6.78. The normalized spacial score (nSPS) is 11.8. The van der Waals surface area contributed by atoms with Crippen molar-refractivity contribution < 1.29 is 4.79 Å². The van der Waals surface area contributed by atoms with Crippen LogP contribution in [0.1, 0.15) is 154 Å². The topological polar surface area (TPSA) is 17.1 Å². The Morgan fingerprint density at radius 2 is 0.969 bits per heavy atom. The SMILES string of the molecule is CCCCCCCCCCCCCCCCCCCC(=O)Cc1ccc(C(C)(C)C)cc1. The fourth-order valence-corrected chi connectivity index (χ4v) is 4.49. The lowest BCUT2D eigenvalue weighted by Crippen LogP contribution is -2.11. The third-order valence-corrected chi connectivity index (χ3v) is 6.78. The average Bonchev–Trinajstić information content (AvgIpc) is 2.75. The third kappa shape index (κ3) is 15.7. The van der Waals surface area contributed by atoms with Crippen molar-refractivity contribution in [3.05, 3.63) is 35.4 Å². The van der Waals surface area contributed by atoms with Gasteiger partial charge in [0.15, 0.2) is 0 Å². The van der Waals surface area contributed by atoms with Crippen LogP contribution in [0, 0.1) is 0 Å². The lowest BCUT2D eigenvalue weighted by molar-refractivity contribution is -0.118. The summed E-state index contributed by atoms with van der Waals surface area (Å²) < 4.78 is 0. The molecule has 0 bridgehead atoms. The van der Waals surface area contributed by atoms with Crippen molar-refractivity contribution >= 4 is 5.78 Å². The molecule has 1 rings (SSSR count). The molecule has 0 fully saturated rings. The maximum Gasteiger partial charge on any atom is 0.137 e. The standard InChI is InChI=1S/C31H54O/c1-5-6-7-8-9-10-11-12-13-14-15-16-17-18-19-20-21-22-30(32)27-28-23-25-29(26-24-28)31(2,3)4/h23-26H,5-22,27H2,1-4H3. The van der Waals surface area contributed by atoms with Crippen LogP contribution in [-0.4, -0.2) is 5.78 Å². The summed E-state index contributed by atoms with van der Waals surface area (Å²) >= 11 is 0. The van der Waals surface area contributed by atoms with Crippen LogP contribution in [0.2, 0.25) is 0 Å². The van der Waals surface area contributed by atoms with Gasteiger partial charge in [-0.1, -0.05) is 155 Å². The van der Waals surface area contributed by atoms with Gasteiger partial charge in [0.1, 0.15) is 5.78 Å². The molecule has 0 unspecified atom stereocenters. The van der Waals surface area contributed by atoms with Crippen LogP contribution in [0.4, 0.5) is 0 Å². The second-order valence-corrected chi connectivity index (χ2v) is 11.1. The van der Waals surface area contributed by atoms with E-state index >= 15 is 0 Å². The molecule has 1 nitrogen and oxygen atoms in total. The molecule has 1 aromatic rings. The zero-order chi connectivity index (χ0) is 23.5. The van der Waals surface area contributed by atoms with Crippen LogP contribution >= 0.6 is 0 Å². The van der Waals surface area contributed by atoms with Crippen LogP contribution in [0.15, 0.2) is 24.3 Å². The largest absolute Gasteiger partial charge is 0.299 e. The van der Waals surface area contributed by atoms with Gasteiger partial charge in [-0.25, -0.2) is 0 Å². The quantitative estimate of drug-likeness (QED) is 0.183. The molecule has 0 saturated carbocycles. The Kier molecular flexibility index (Phi) is 16.6. The Morgan fingerprint density at radius 3 is 1.34 bits per heavy atom. The molecule has 0 N–H and O–H groups in total. The van der Waals surface area contributed by atoms with E-state index in [0.29, 0.717) is 12.2 Å². The van der Waals surface area contributed by atoms with E-state index in [1.165, 1.54) is 108 Å². The van der Waals surface area contributed by atoms with Gasteiger partial charge in [0.2, 0.25) is 0 Å². The van der Waals surface area contributed by atoms with E-state index in [2.05, 4.69) is 52.0 Å². The zero-order valence-corrected chi connectivity index (χ0v) is 22.2. The molecule has 32 heavy (non-hydrogen) atoms. The summed E-state index contributed by atoms with van der Waals surface area (Å²) in [5.74, 6) is 0.398.